The topological polar surface area (TPSA) is 8.17 Å². The van der Waals surface area contributed by atoms with Crippen LogP contribution in [-0.4, -0.2) is 10.6 Å². The number of para-hydroxylation sites is 1. The molecule has 2 heteroatoms. The van der Waals surface area contributed by atoms with Crippen molar-refractivity contribution in [2.75, 3.05) is 4.90 Å². The summed E-state index contributed by atoms with van der Waals surface area (Å²) in [5.74, 6) is 0. The average molecular weight is 741 g/mol. The van der Waals surface area contributed by atoms with Gasteiger partial charge in [-0.25, -0.2) is 0 Å². The van der Waals surface area contributed by atoms with Gasteiger partial charge in [0.05, 0.1) is 17.1 Å². The normalized spacial score (nSPS) is 14.0. The van der Waals surface area contributed by atoms with E-state index in [1.54, 1.807) is 0 Å². The fraction of sp³-hybridized carbons (Fsp3) is 0.0357. The number of hydrogen-bond donors (Lipinski definition) is 0. The third kappa shape index (κ3) is 5.90. The summed E-state index contributed by atoms with van der Waals surface area (Å²) in [6.07, 6.45) is 8.10. The van der Waals surface area contributed by atoms with Crippen LogP contribution in [-0.2, 0) is 0 Å². The number of fused-ring (bicyclic) bond motifs is 5. The maximum atomic E-state index is 2.59. The number of nitrogens with zero attached hydrogens (tertiary/aromatic N) is 2. The van der Waals surface area contributed by atoms with E-state index in [0.717, 1.165) is 17.8 Å². The molecule has 1 aromatic heterocycles. The minimum Gasteiger partial charge on any atom is -0.334 e. The second-order valence-electron chi connectivity index (χ2n) is 15.3. The van der Waals surface area contributed by atoms with Crippen molar-refractivity contribution in [1.29, 1.82) is 0 Å². The first-order chi connectivity index (χ1) is 28.8. The zero-order valence-electron chi connectivity index (χ0n) is 32.0. The van der Waals surface area contributed by atoms with Gasteiger partial charge in [-0.05, 0) is 111 Å². The van der Waals surface area contributed by atoms with Crippen LogP contribution in [0, 0.1) is 0 Å². The van der Waals surface area contributed by atoms with Gasteiger partial charge in [-0.1, -0.05) is 170 Å². The van der Waals surface area contributed by atoms with Crippen LogP contribution in [0.5, 0.6) is 0 Å². The SMILES string of the molecule is C1=CC(c2cccc3c2c2cc4ccccc4cc2n3-c2ccccc2)=CC(N(c2cc(-c3ccccc3)cc(-c3ccccc3)c2)c2cccc3ccccc23)C1. The third-order valence-corrected chi connectivity index (χ3v) is 11.8. The first-order valence-electron chi connectivity index (χ1n) is 20.2. The summed E-state index contributed by atoms with van der Waals surface area (Å²) in [4.78, 5) is 2.59. The van der Waals surface area contributed by atoms with E-state index in [0.29, 0.717) is 0 Å². The molecule has 11 rings (SSSR count). The molecule has 2 nitrogen and oxygen atoms in total. The molecule has 1 atom stereocenters. The Kier molecular flexibility index (Phi) is 8.33. The second-order valence-corrected chi connectivity index (χ2v) is 15.3. The summed E-state index contributed by atoms with van der Waals surface area (Å²) in [7, 11) is 0. The molecule has 0 N–H and O–H groups in total. The standard InChI is InChI=1S/C56H40N2/c1-4-17-39(18-5-1)45-33-46(40-19-6-2-7-20-40)36-49(35-45)57(53-31-15-24-41-21-12-13-29-50(41)53)48-28-14-25-44(34-48)51-30-16-32-54-56(51)52-37-42-22-10-11-23-43(42)38-55(52)58(54)47-26-8-3-9-27-47/h1-27,29-38,48H,28H2. The molecule has 9 aromatic carbocycles. The van der Waals surface area contributed by atoms with Gasteiger partial charge in [0, 0.05) is 33.2 Å². The van der Waals surface area contributed by atoms with Crippen LogP contribution in [0.2, 0.25) is 0 Å². The van der Waals surface area contributed by atoms with Crippen LogP contribution < -0.4 is 4.90 Å². The Morgan fingerprint density at radius 1 is 0.448 bits per heavy atom. The minimum atomic E-state index is 0.0408. The van der Waals surface area contributed by atoms with Gasteiger partial charge in [0.15, 0.2) is 0 Å². The van der Waals surface area contributed by atoms with Gasteiger partial charge in [-0.15, -0.1) is 0 Å². The predicted octanol–water partition coefficient (Wildman–Crippen LogP) is 15.0. The zero-order valence-corrected chi connectivity index (χ0v) is 32.0. The lowest BCUT2D eigenvalue weighted by molar-refractivity contribution is 0.790. The van der Waals surface area contributed by atoms with Crippen LogP contribution in [0.3, 0.4) is 0 Å². The smallest absolute Gasteiger partial charge is 0.0566 e. The molecule has 0 saturated heterocycles. The van der Waals surface area contributed by atoms with Crippen LogP contribution in [0.1, 0.15) is 12.0 Å². The highest BCUT2D eigenvalue weighted by atomic mass is 15.2. The van der Waals surface area contributed by atoms with Crippen LogP contribution >= 0.6 is 0 Å². The highest BCUT2D eigenvalue weighted by molar-refractivity contribution is 6.17. The van der Waals surface area contributed by atoms with Gasteiger partial charge in [0.25, 0.3) is 0 Å². The maximum absolute atomic E-state index is 2.59. The predicted molar refractivity (Wildman–Crippen MR) is 247 cm³/mol. The number of allylic oxidation sites excluding steroid dienone is 2. The van der Waals surface area contributed by atoms with Crippen molar-refractivity contribution in [3.63, 3.8) is 0 Å². The molecule has 0 aliphatic heterocycles. The summed E-state index contributed by atoms with van der Waals surface area (Å²) in [5.41, 5.74) is 13.2. The van der Waals surface area contributed by atoms with Gasteiger partial charge in [-0.2, -0.15) is 0 Å². The van der Waals surface area contributed by atoms with E-state index in [1.807, 2.05) is 0 Å². The Morgan fingerprint density at radius 3 is 1.78 bits per heavy atom. The van der Waals surface area contributed by atoms with E-state index in [9.17, 15) is 0 Å². The van der Waals surface area contributed by atoms with E-state index in [-0.39, 0.29) is 6.04 Å². The molecule has 274 valence electrons. The number of aromatic nitrogens is 1. The van der Waals surface area contributed by atoms with Crippen LogP contribution in [0.15, 0.2) is 224 Å². The molecular weight excluding hydrogens is 701 g/mol. The summed E-state index contributed by atoms with van der Waals surface area (Å²) in [5, 5.41) is 7.50. The number of anilines is 2. The molecule has 1 aliphatic rings. The van der Waals surface area contributed by atoms with Crippen molar-refractivity contribution in [1.82, 2.24) is 4.57 Å². The second kappa shape index (κ2) is 14.3. The van der Waals surface area contributed by atoms with E-state index in [1.165, 1.54) is 82.4 Å². The summed E-state index contributed by atoms with van der Waals surface area (Å²) < 4.78 is 2.44. The molecule has 10 aromatic rings. The Balaban J connectivity index is 1.15. The third-order valence-electron chi connectivity index (χ3n) is 11.8. The van der Waals surface area contributed by atoms with Gasteiger partial charge in [0.1, 0.15) is 0 Å². The molecule has 0 amide bonds. The van der Waals surface area contributed by atoms with E-state index in [2.05, 4.69) is 234 Å². The van der Waals surface area contributed by atoms with Crippen molar-refractivity contribution >= 4 is 60.3 Å². The van der Waals surface area contributed by atoms with Crippen LogP contribution in [0.4, 0.5) is 11.4 Å². The Labute approximate surface area is 338 Å². The molecule has 0 bridgehead atoms. The minimum absolute atomic E-state index is 0.0408. The van der Waals surface area contributed by atoms with Crippen molar-refractivity contribution in [3.8, 4) is 27.9 Å². The first kappa shape index (κ1) is 33.9. The van der Waals surface area contributed by atoms with E-state index in [4.69, 9.17) is 0 Å². The Morgan fingerprint density at radius 2 is 1.05 bits per heavy atom. The summed E-state index contributed by atoms with van der Waals surface area (Å²) in [6, 6.07) is 75.3. The lowest BCUT2D eigenvalue weighted by Crippen LogP contribution is -2.30. The molecule has 0 fully saturated rings. The van der Waals surface area contributed by atoms with Gasteiger partial charge in [-0.3, -0.25) is 0 Å². The van der Waals surface area contributed by atoms with Gasteiger partial charge < -0.3 is 9.47 Å². The molecule has 1 aliphatic carbocycles. The quantitative estimate of drug-likeness (QED) is 0.158. The van der Waals surface area contributed by atoms with E-state index >= 15 is 0 Å². The lowest BCUT2D eigenvalue weighted by atomic mass is 9.91. The molecule has 1 unspecified atom stereocenters. The number of hydrogen-bond acceptors (Lipinski definition) is 1. The van der Waals surface area contributed by atoms with Crippen molar-refractivity contribution < 1.29 is 0 Å². The Hall–Kier alpha value is -7.42. The number of benzene rings is 9. The highest BCUT2D eigenvalue weighted by Crippen LogP contribution is 2.43. The van der Waals surface area contributed by atoms with Gasteiger partial charge in [0.2, 0.25) is 0 Å². The monoisotopic (exact) mass is 740 g/mol. The largest absolute Gasteiger partial charge is 0.334 e. The average Bonchev–Trinajstić information content (AvgIpc) is 3.62. The summed E-state index contributed by atoms with van der Waals surface area (Å²) >= 11 is 0. The van der Waals surface area contributed by atoms with Crippen molar-refractivity contribution in [2.45, 2.75) is 12.5 Å². The maximum Gasteiger partial charge on any atom is 0.0566 e. The van der Waals surface area contributed by atoms with Crippen molar-refractivity contribution in [2.24, 2.45) is 0 Å². The molecule has 0 saturated carbocycles. The van der Waals surface area contributed by atoms with E-state index < -0.39 is 0 Å². The van der Waals surface area contributed by atoms with Gasteiger partial charge >= 0.3 is 0 Å². The Bertz CT molecular complexity index is 3130. The highest BCUT2D eigenvalue weighted by Gasteiger charge is 2.26. The fourth-order valence-corrected chi connectivity index (χ4v) is 9.15. The van der Waals surface area contributed by atoms with Crippen molar-refractivity contribution in [3.05, 3.63) is 230 Å². The van der Waals surface area contributed by atoms with Crippen LogP contribution in [0.25, 0.3) is 76.9 Å². The molecular formula is C56H40N2. The molecule has 0 radical (unpaired) electrons. The first-order valence-corrected chi connectivity index (χ1v) is 20.2. The fourth-order valence-electron chi connectivity index (χ4n) is 9.15. The summed E-state index contributed by atoms with van der Waals surface area (Å²) in [6.45, 7) is 0. The molecule has 1 heterocycles. The number of rotatable bonds is 7. The molecule has 0 spiro atoms. The lowest BCUT2D eigenvalue weighted by Gasteiger charge is -2.35. The molecule has 58 heavy (non-hydrogen) atoms. The zero-order chi connectivity index (χ0) is 38.4.